The van der Waals surface area contributed by atoms with Crippen molar-refractivity contribution in [3.05, 3.63) is 69.3 Å². The normalized spacial score (nSPS) is 15.9. The van der Waals surface area contributed by atoms with Gasteiger partial charge in [-0.2, -0.15) is 0 Å². The van der Waals surface area contributed by atoms with E-state index in [1.54, 1.807) is 46.3 Å². The van der Waals surface area contributed by atoms with Crippen LogP contribution in [-0.2, 0) is 11.3 Å². The third kappa shape index (κ3) is 5.07. The molecule has 0 atom stereocenters. The lowest BCUT2D eigenvalue weighted by Crippen LogP contribution is -2.43. The average molecular weight is 545 g/mol. The molecule has 4 aromatic heterocycles. The van der Waals surface area contributed by atoms with E-state index in [1.807, 2.05) is 13.0 Å². The van der Waals surface area contributed by atoms with Crippen LogP contribution >= 0.6 is 0 Å². The maximum atomic E-state index is 13.5. The molecule has 2 fully saturated rings. The maximum Gasteiger partial charge on any atom is 0.333 e. The van der Waals surface area contributed by atoms with Crippen molar-refractivity contribution in [1.82, 2.24) is 34.0 Å². The monoisotopic (exact) mass is 544 g/mol. The first kappa shape index (κ1) is 26.1. The highest BCUT2D eigenvalue weighted by atomic mass is 16.5. The van der Waals surface area contributed by atoms with Gasteiger partial charge >= 0.3 is 5.69 Å². The minimum Gasteiger partial charge on any atom is -0.379 e. The van der Waals surface area contributed by atoms with Crippen molar-refractivity contribution in [2.45, 2.75) is 38.8 Å². The van der Waals surface area contributed by atoms with E-state index in [9.17, 15) is 14.4 Å². The van der Waals surface area contributed by atoms with Gasteiger partial charge in [-0.05, 0) is 43.5 Å². The number of aromatic amines is 1. The van der Waals surface area contributed by atoms with Crippen molar-refractivity contribution >= 4 is 22.9 Å². The molecule has 5 heterocycles. The summed E-state index contributed by atoms with van der Waals surface area (Å²) in [6.07, 6.45) is 7.22. The van der Waals surface area contributed by atoms with E-state index in [-0.39, 0.29) is 23.2 Å². The highest BCUT2D eigenvalue weighted by molar-refractivity contribution is 6.05. The number of nitrogens with one attached hydrogen (secondary N) is 1. The number of anilines is 1. The second kappa shape index (κ2) is 11.1. The number of nitrogens with zero attached hydrogens (tertiary/aromatic N) is 7. The summed E-state index contributed by atoms with van der Waals surface area (Å²) in [6.45, 7) is 6.59. The number of rotatable bonds is 9. The van der Waals surface area contributed by atoms with E-state index in [0.717, 1.165) is 32.4 Å². The highest BCUT2D eigenvalue weighted by Crippen LogP contribution is 2.32. The van der Waals surface area contributed by atoms with Crippen molar-refractivity contribution in [1.29, 1.82) is 0 Å². The Balaban J connectivity index is 1.32. The molecule has 2 aliphatic rings. The van der Waals surface area contributed by atoms with E-state index in [4.69, 9.17) is 4.74 Å². The van der Waals surface area contributed by atoms with Gasteiger partial charge < -0.3 is 9.72 Å². The Morgan fingerprint density at radius 1 is 1.12 bits per heavy atom. The van der Waals surface area contributed by atoms with Crippen molar-refractivity contribution < 1.29 is 9.53 Å². The van der Waals surface area contributed by atoms with Crippen molar-refractivity contribution in [2.24, 2.45) is 0 Å². The van der Waals surface area contributed by atoms with Gasteiger partial charge in [0.2, 0.25) is 0 Å². The lowest BCUT2D eigenvalue weighted by atomic mass is 10.2. The molecule has 1 saturated heterocycles. The zero-order chi connectivity index (χ0) is 27.6. The van der Waals surface area contributed by atoms with Crippen LogP contribution in [0.3, 0.4) is 0 Å². The SMILES string of the molecule is CCCn1c(=O)n(C2CC2)c(=O)c2[nH]c(-c3ccc(N(CCN4CCOCC4)C(=O)c4cccnc4)nc3)nc21. The molecule has 0 bridgehead atoms. The van der Waals surface area contributed by atoms with Gasteiger partial charge in [0.15, 0.2) is 5.65 Å². The summed E-state index contributed by atoms with van der Waals surface area (Å²) < 4.78 is 8.39. The number of H-pyrrole nitrogens is 1. The Morgan fingerprint density at radius 3 is 2.62 bits per heavy atom. The van der Waals surface area contributed by atoms with Crippen LogP contribution in [0.4, 0.5) is 5.82 Å². The number of carbonyl (C=O) groups excluding carboxylic acids is 1. The minimum absolute atomic E-state index is 0.0407. The summed E-state index contributed by atoms with van der Waals surface area (Å²) >= 11 is 0. The van der Waals surface area contributed by atoms with Crippen LogP contribution in [0.5, 0.6) is 0 Å². The number of aromatic nitrogens is 6. The Bertz CT molecular complexity index is 1620. The summed E-state index contributed by atoms with van der Waals surface area (Å²) in [6, 6.07) is 7.03. The fourth-order valence-corrected chi connectivity index (χ4v) is 5.07. The molecule has 12 heteroatoms. The number of aryl methyl sites for hydroxylation is 1. The molecule has 1 aliphatic heterocycles. The number of fused-ring (bicyclic) bond motifs is 1. The molecule has 0 aromatic carbocycles. The van der Waals surface area contributed by atoms with E-state index < -0.39 is 0 Å². The summed E-state index contributed by atoms with van der Waals surface area (Å²) in [7, 11) is 0. The van der Waals surface area contributed by atoms with Crippen LogP contribution < -0.4 is 16.1 Å². The zero-order valence-corrected chi connectivity index (χ0v) is 22.5. The number of hydrogen-bond donors (Lipinski definition) is 1. The molecule has 12 nitrogen and oxygen atoms in total. The molecular formula is C28H32N8O4. The van der Waals surface area contributed by atoms with Crippen LogP contribution in [0.25, 0.3) is 22.6 Å². The smallest absolute Gasteiger partial charge is 0.333 e. The van der Waals surface area contributed by atoms with Gasteiger partial charge in [0, 0.05) is 62.9 Å². The Hall–Kier alpha value is -4.16. The van der Waals surface area contributed by atoms with Gasteiger partial charge in [0.1, 0.15) is 17.2 Å². The van der Waals surface area contributed by atoms with Crippen LogP contribution in [0.15, 0.2) is 52.4 Å². The Labute approximate surface area is 230 Å². The molecule has 1 amide bonds. The van der Waals surface area contributed by atoms with Crippen LogP contribution in [0, 0.1) is 0 Å². The van der Waals surface area contributed by atoms with E-state index in [1.165, 1.54) is 4.57 Å². The van der Waals surface area contributed by atoms with Gasteiger partial charge in [-0.3, -0.25) is 33.5 Å². The fraction of sp³-hybridized carbons (Fsp3) is 0.429. The first-order valence-corrected chi connectivity index (χ1v) is 13.8. The topological polar surface area (TPSA) is 131 Å². The van der Waals surface area contributed by atoms with Gasteiger partial charge in [-0.1, -0.05) is 6.92 Å². The minimum atomic E-state index is -0.338. The molecule has 0 spiro atoms. The molecular weight excluding hydrogens is 512 g/mol. The Morgan fingerprint density at radius 2 is 1.95 bits per heavy atom. The molecule has 0 radical (unpaired) electrons. The van der Waals surface area contributed by atoms with Gasteiger partial charge in [-0.15, -0.1) is 0 Å². The molecule has 1 aliphatic carbocycles. The van der Waals surface area contributed by atoms with Gasteiger partial charge in [0.05, 0.1) is 18.8 Å². The lowest BCUT2D eigenvalue weighted by Gasteiger charge is -2.29. The van der Waals surface area contributed by atoms with E-state index in [2.05, 4.69) is 24.8 Å². The van der Waals surface area contributed by atoms with Gasteiger partial charge in [-0.25, -0.2) is 14.8 Å². The second-order valence-corrected chi connectivity index (χ2v) is 10.2. The standard InChI is InChI=1S/C28H32N8O4/c1-2-10-35-25-23(27(38)36(28(35)39)21-6-7-21)31-24(32-25)19-5-8-22(30-18-19)34(12-11-33-13-15-40-16-14-33)26(37)20-4-3-9-29-17-20/h3-5,8-9,17-18,21H,2,6-7,10-16H2,1H3,(H,31,32). The number of imidazole rings is 1. The van der Waals surface area contributed by atoms with Crippen molar-refractivity contribution in [3.8, 4) is 11.4 Å². The predicted octanol–water partition coefficient (Wildman–Crippen LogP) is 2.07. The van der Waals surface area contributed by atoms with Crippen LogP contribution in [-0.4, -0.2) is 79.3 Å². The molecule has 1 saturated carbocycles. The van der Waals surface area contributed by atoms with E-state index in [0.29, 0.717) is 66.8 Å². The number of ether oxygens (including phenoxy) is 1. The molecule has 6 rings (SSSR count). The summed E-state index contributed by atoms with van der Waals surface area (Å²) in [5.41, 5.74) is 1.15. The first-order chi connectivity index (χ1) is 19.5. The maximum absolute atomic E-state index is 13.5. The third-order valence-electron chi connectivity index (χ3n) is 7.36. The van der Waals surface area contributed by atoms with Crippen molar-refractivity contribution in [3.63, 3.8) is 0 Å². The molecule has 4 aromatic rings. The lowest BCUT2D eigenvalue weighted by molar-refractivity contribution is 0.0391. The quantitative estimate of drug-likeness (QED) is 0.339. The second-order valence-electron chi connectivity index (χ2n) is 10.2. The zero-order valence-electron chi connectivity index (χ0n) is 22.5. The third-order valence-corrected chi connectivity index (χ3v) is 7.36. The number of pyridine rings is 2. The largest absolute Gasteiger partial charge is 0.379 e. The Kier molecular flexibility index (Phi) is 7.27. The number of hydrogen-bond acceptors (Lipinski definition) is 8. The molecule has 40 heavy (non-hydrogen) atoms. The number of carbonyl (C=O) groups is 1. The van der Waals surface area contributed by atoms with Crippen molar-refractivity contribution in [2.75, 3.05) is 44.3 Å². The number of morpholine rings is 1. The van der Waals surface area contributed by atoms with Gasteiger partial charge in [0.25, 0.3) is 11.5 Å². The summed E-state index contributed by atoms with van der Waals surface area (Å²) in [4.78, 5) is 60.2. The molecule has 1 N–H and O–H groups in total. The number of amides is 1. The van der Waals surface area contributed by atoms with E-state index >= 15 is 0 Å². The average Bonchev–Trinajstić information content (AvgIpc) is 3.73. The molecule has 0 unspecified atom stereocenters. The molecule has 208 valence electrons. The summed E-state index contributed by atoms with van der Waals surface area (Å²) in [5, 5.41) is 0. The summed E-state index contributed by atoms with van der Waals surface area (Å²) in [5.74, 6) is 0.762. The predicted molar refractivity (Wildman–Crippen MR) is 150 cm³/mol. The van der Waals surface area contributed by atoms with Crippen LogP contribution in [0.2, 0.25) is 0 Å². The first-order valence-electron chi connectivity index (χ1n) is 13.8. The fourth-order valence-electron chi connectivity index (χ4n) is 5.07. The van der Waals surface area contributed by atoms with Crippen LogP contribution in [0.1, 0.15) is 42.6 Å². The highest BCUT2D eigenvalue weighted by Gasteiger charge is 2.30.